The van der Waals surface area contributed by atoms with Crippen LogP contribution in [0, 0.1) is 5.82 Å². The molecule has 0 spiro atoms. The molecule has 2 N–H and O–H groups in total. The molecule has 2 rings (SSSR count). The van der Waals surface area contributed by atoms with Gasteiger partial charge in [0.2, 0.25) is 0 Å². The highest BCUT2D eigenvalue weighted by Gasteiger charge is 2.08. The van der Waals surface area contributed by atoms with E-state index in [9.17, 15) is 4.39 Å². The number of aromatic nitrogens is 2. The molecule has 0 bridgehead atoms. The molecule has 0 radical (unpaired) electrons. The van der Waals surface area contributed by atoms with Crippen LogP contribution in [0.25, 0.3) is 0 Å². The summed E-state index contributed by atoms with van der Waals surface area (Å²) in [7, 11) is 0. The summed E-state index contributed by atoms with van der Waals surface area (Å²) in [4.78, 5) is 8.68. The van der Waals surface area contributed by atoms with Crippen molar-refractivity contribution >= 4 is 11.8 Å². The van der Waals surface area contributed by atoms with Gasteiger partial charge in [-0.15, -0.1) is 0 Å². The van der Waals surface area contributed by atoms with Gasteiger partial charge in [-0.1, -0.05) is 17.8 Å². The van der Waals surface area contributed by atoms with E-state index < -0.39 is 0 Å². The quantitative estimate of drug-likeness (QED) is 0.829. The minimum Gasteiger partial charge on any atom is -0.326 e. The first kappa shape index (κ1) is 11.0. The Hall–Kier alpha value is -1.46. The molecule has 0 atom stereocenters. The first-order valence-electron chi connectivity index (χ1n) is 4.72. The molecule has 0 aliphatic carbocycles. The maximum Gasteiger partial charge on any atom is 0.128 e. The SMILES string of the molecule is NCc1c(F)cccc1Sc1ccncn1. The van der Waals surface area contributed by atoms with Crippen LogP contribution < -0.4 is 5.73 Å². The highest BCUT2D eigenvalue weighted by Crippen LogP contribution is 2.29. The summed E-state index contributed by atoms with van der Waals surface area (Å²) < 4.78 is 13.4. The first-order chi connectivity index (χ1) is 7.81. The van der Waals surface area contributed by atoms with E-state index >= 15 is 0 Å². The summed E-state index contributed by atoms with van der Waals surface area (Å²) in [5.74, 6) is -0.276. The Morgan fingerprint density at radius 2 is 2.19 bits per heavy atom. The molecule has 1 aromatic heterocycles. The predicted octanol–water partition coefficient (Wildman–Crippen LogP) is 2.23. The number of nitrogens with zero attached hydrogens (tertiary/aromatic N) is 2. The average Bonchev–Trinajstić information content (AvgIpc) is 2.31. The highest BCUT2D eigenvalue weighted by molar-refractivity contribution is 7.99. The Morgan fingerprint density at radius 1 is 1.31 bits per heavy atom. The van der Waals surface area contributed by atoms with Gasteiger partial charge < -0.3 is 5.73 Å². The van der Waals surface area contributed by atoms with Crippen LogP contribution in [0.15, 0.2) is 46.7 Å². The van der Waals surface area contributed by atoms with E-state index in [1.807, 2.05) is 6.07 Å². The Kier molecular flexibility index (Phi) is 3.48. The molecule has 0 saturated heterocycles. The molecule has 0 aliphatic heterocycles. The van der Waals surface area contributed by atoms with E-state index in [1.54, 1.807) is 18.3 Å². The Labute approximate surface area is 96.9 Å². The van der Waals surface area contributed by atoms with Crippen molar-refractivity contribution in [3.8, 4) is 0 Å². The lowest BCUT2D eigenvalue weighted by Crippen LogP contribution is -2.01. The molecule has 0 unspecified atom stereocenters. The van der Waals surface area contributed by atoms with Crippen LogP contribution in [0.1, 0.15) is 5.56 Å². The molecule has 0 fully saturated rings. The van der Waals surface area contributed by atoms with Gasteiger partial charge in [0.05, 0.1) is 0 Å². The second-order valence-corrected chi connectivity index (χ2v) is 4.13. The molecule has 0 amide bonds. The number of halogens is 1. The number of hydrogen-bond donors (Lipinski definition) is 1. The van der Waals surface area contributed by atoms with Crippen LogP contribution in [0.2, 0.25) is 0 Å². The van der Waals surface area contributed by atoms with Crippen molar-refractivity contribution in [2.45, 2.75) is 16.5 Å². The van der Waals surface area contributed by atoms with Crippen molar-refractivity contribution in [1.29, 1.82) is 0 Å². The molecule has 16 heavy (non-hydrogen) atoms. The van der Waals surface area contributed by atoms with Gasteiger partial charge in [-0.05, 0) is 18.2 Å². The third-order valence-electron chi connectivity index (χ3n) is 2.05. The summed E-state index contributed by atoms with van der Waals surface area (Å²) in [5.41, 5.74) is 6.04. The Bertz CT molecular complexity index is 476. The molecular weight excluding hydrogens is 225 g/mol. The van der Waals surface area contributed by atoms with Gasteiger partial charge >= 0.3 is 0 Å². The maximum atomic E-state index is 13.4. The van der Waals surface area contributed by atoms with Crippen LogP contribution in [-0.2, 0) is 6.54 Å². The smallest absolute Gasteiger partial charge is 0.128 e. The van der Waals surface area contributed by atoms with Gasteiger partial charge in [0.1, 0.15) is 17.2 Å². The molecule has 1 heterocycles. The fourth-order valence-corrected chi connectivity index (χ4v) is 2.19. The zero-order valence-electron chi connectivity index (χ0n) is 8.43. The summed E-state index contributed by atoms with van der Waals surface area (Å²) in [6, 6.07) is 6.68. The molecule has 82 valence electrons. The fraction of sp³-hybridized carbons (Fsp3) is 0.0909. The molecule has 0 aliphatic rings. The largest absolute Gasteiger partial charge is 0.326 e. The summed E-state index contributed by atoms with van der Waals surface area (Å²) in [5, 5.41) is 0.773. The van der Waals surface area contributed by atoms with Gasteiger partial charge in [-0.25, -0.2) is 14.4 Å². The van der Waals surface area contributed by atoms with E-state index in [2.05, 4.69) is 9.97 Å². The zero-order chi connectivity index (χ0) is 11.4. The molecule has 1 aromatic carbocycles. The lowest BCUT2D eigenvalue weighted by Gasteiger charge is -2.07. The lowest BCUT2D eigenvalue weighted by atomic mass is 10.2. The normalized spacial score (nSPS) is 10.4. The second-order valence-electron chi connectivity index (χ2n) is 3.07. The summed E-state index contributed by atoms with van der Waals surface area (Å²) in [6.45, 7) is 0.181. The van der Waals surface area contributed by atoms with E-state index in [0.29, 0.717) is 5.56 Å². The third kappa shape index (κ3) is 2.37. The molecule has 2 aromatic rings. The van der Waals surface area contributed by atoms with Crippen LogP contribution in [0.5, 0.6) is 0 Å². The Balaban J connectivity index is 2.31. The first-order valence-corrected chi connectivity index (χ1v) is 5.54. The number of hydrogen-bond acceptors (Lipinski definition) is 4. The average molecular weight is 235 g/mol. The van der Waals surface area contributed by atoms with Crippen molar-refractivity contribution in [3.63, 3.8) is 0 Å². The van der Waals surface area contributed by atoms with Crippen molar-refractivity contribution in [2.24, 2.45) is 5.73 Å². The van der Waals surface area contributed by atoms with Gasteiger partial charge in [0, 0.05) is 23.2 Å². The van der Waals surface area contributed by atoms with Crippen molar-refractivity contribution < 1.29 is 4.39 Å². The molecular formula is C11H10FN3S. The minimum absolute atomic E-state index is 0.181. The van der Waals surface area contributed by atoms with Crippen LogP contribution in [-0.4, -0.2) is 9.97 Å². The van der Waals surface area contributed by atoms with E-state index in [0.717, 1.165) is 9.92 Å². The molecule has 5 heteroatoms. The number of nitrogens with two attached hydrogens (primary N) is 1. The van der Waals surface area contributed by atoms with Crippen LogP contribution in [0.4, 0.5) is 4.39 Å². The zero-order valence-corrected chi connectivity index (χ0v) is 9.25. The van der Waals surface area contributed by atoms with Crippen molar-refractivity contribution in [1.82, 2.24) is 9.97 Å². The predicted molar refractivity (Wildman–Crippen MR) is 60.4 cm³/mol. The van der Waals surface area contributed by atoms with Crippen LogP contribution in [0.3, 0.4) is 0 Å². The lowest BCUT2D eigenvalue weighted by molar-refractivity contribution is 0.604. The standard InChI is InChI=1S/C11H10FN3S/c12-9-2-1-3-10(8(9)6-13)16-11-4-5-14-7-15-11/h1-5,7H,6,13H2. The summed E-state index contributed by atoms with van der Waals surface area (Å²) in [6.07, 6.45) is 3.11. The molecule has 3 nitrogen and oxygen atoms in total. The minimum atomic E-state index is -0.276. The monoisotopic (exact) mass is 235 g/mol. The van der Waals surface area contributed by atoms with Gasteiger partial charge in [0.15, 0.2) is 0 Å². The summed E-state index contributed by atoms with van der Waals surface area (Å²) >= 11 is 1.38. The maximum absolute atomic E-state index is 13.4. The third-order valence-corrected chi connectivity index (χ3v) is 3.10. The van der Waals surface area contributed by atoms with Gasteiger partial charge in [-0.2, -0.15) is 0 Å². The Morgan fingerprint density at radius 3 is 2.88 bits per heavy atom. The fourth-order valence-electron chi connectivity index (χ4n) is 1.28. The second kappa shape index (κ2) is 5.05. The highest BCUT2D eigenvalue weighted by atomic mass is 32.2. The van der Waals surface area contributed by atoms with E-state index in [4.69, 9.17) is 5.73 Å². The van der Waals surface area contributed by atoms with Crippen molar-refractivity contribution in [3.05, 3.63) is 48.2 Å². The van der Waals surface area contributed by atoms with Gasteiger partial charge in [-0.3, -0.25) is 0 Å². The topological polar surface area (TPSA) is 51.8 Å². The molecule has 0 saturated carbocycles. The van der Waals surface area contributed by atoms with Crippen LogP contribution >= 0.6 is 11.8 Å². The van der Waals surface area contributed by atoms with Gasteiger partial charge in [0.25, 0.3) is 0 Å². The van der Waals surface area contributed by atoms with E-state index in [1.165, 1.54) is 24.2 Å². The number of rotatable bonds is 3. The van der Waals surface area contributed by atoms with E-state index in [-0.39, 0.29) is 12.4 Å². The number of benzene rings is 1. The van der Waals surface area contributed by atoms with Crippen molar-refractivity contribution in [2.75, 3.05) is 0 Å².